The lowest BCUT2D eigenvalue weighted by molar-refractivity contribution is -0.334. The number of hydrogen-bond acceptors (Lipinski definition) is 26. The van der Waals surface area contributed by atoms with Crippen molar-refractivity contribution < 1.29 is 118 Å². The van der Waals surface area contributed by atoms with E-state index in [-0.39, 0.29) is 59.3 Å². The first-order valence-corrected chi connectivity index (χ1v) is 33.6. The number of carboxylic acid groups (broad SMARTS) is 1. The average Bonchev–Trinajstić information content (AvgIpc) is 0.768. The van der Waals surface area contributed by atoms with Gasteiger partial charge in [-0.3, -0.25) is 33.6 Å². The Morgan fingerprint density at radius 2 is 1.34 bits per heavy atom. The molecule has 0 spiro atoms. The number of rotatable bonds is 16. The molecule has 0 saturated carbocycles. The number of likely N-dealkylation sites (N-methyl/N-ethyl adjacent to an activating group) is 1. The van der Waals surface area contributed by atoms with Crippen LogP contribution in [-0.4, -0.2) is 204 Å². The molecule has 7 amide bonds. The Balaban J connectivity index is 1.24. The molecule has 0 radical (unpaired) electrons. The summed E-state index contributed by atoms with van der Waals surface area (Å²) < 4.78 is 38.8. The molecule has 104 heavy (non-hydrogen) atoms. The van der Waals surface area contributed by atoms with Gasteiger partial charge in [-0.15, -0.1) is 0 Å². The molecule has 5 aromatic carbocycles. The fraction of sp³-hybridized carbons (Fsp3) is 0.441. The molecule has 2 saturated heterocycles. The summed E-state index contributed by atoms with van der Waals surface area (Å²) >= 11 is 14.2. The van der Waals surface area contributed by atoms with Crippen LogP contribution in [0.1, 0.15) is 105 Å². The number of nitrogens with two attached hydrogens (primary N) is 2. The van der Waals surface area contributed by atoms with E-state index in [1.807, 2.05) is 13.8 Å². The van der Waals surface area contributed by atoms with Crippen molar-refractivity contribution in [3.63, 3.8) is 0 Å². The number of fused-ring (bicyclic) bond motifs is 15. The van der Waals surface area contributed by atoms with Crippen LogP contribution >= 0.6 is 23.2 Å². The molecule has 0 aliphatic carbocycles. The second-order valence-electron chi connectivity index (χ2n) is 26.3. The molecule has 7 aliphatic rings. The number of carbonyl (C=O) groups is 8. The second kappa shape index (κ2) is 32.0. The van der Waals surface area contributed by atoms with Crippen LogP contribution < -0.4 is 68.2 Å². The van der Waals surface area contributed by atoms with Crippen molar-refractivity contribution in [3.8, 4) is 57.1 Å². The Bertz CT molecular complexity index is 4140. The van der Waals surface area contributed by atoms with Crippen LogP contribution in [0, 0.1) is 5.92 Å². The van der Waals surface area contributed by atoms with Crippen molar-refractivity contribution in [2.45, 2.75) is 156 Å². The van der Waals surface area contributed by atoms with Gasteiger partial charge in [0.2, 0.25) is 53.4 Å². The first-order valence-electron chi connectivity index (χ1n) is 32.8. The smallest absolute Gasteiger partial charge is 0.330 e. The van der Waals surface area contributed by atoms with E-state index in [0.29, 0.717) is 0 Å². The van der Waals surface area contributed by atoms with Crippen LogP contribution in [0.15, 0.2) is 78.9 Å². The van der Waals surface area contributed by atoms with Crippen molar-refractivity contribution in [3.05, 3.63) is 117 Å². The van der Waals surface area contributed by atoms with Crippen molar-refractivity contribution in [2.75, 3.05) is 26.7 Å². The van der Waals surface area contributed by atoms with E-state index in [1.54, 1.807) is 13.8 Å². The highest BCUT2D eigenvalue weighted by Crippen LogP contribution is 2.50. The summed E-state index contributed by atoms with van der Waals surface area (Å²) in [7, 11) is 1.47. The van der Waals surface area contributed by atoms with Crippen LogP contribution in [0.5, 0.6) is 46.0 Å². The van der Waals surface area contributed by atoms with E-state index in [9.17, 15) is 75.0 Å². The van der Waals surface area contributed by atoms with Gasteiger partial charge in [-0.05, 0) is 110 Å². The molecule has 2 fully saturated rings. The largest absolute Gasteiger partial charge is 0.508 e. The highest BCUT2D eigenvalue weighted by molar-refractivity contribution is 6.32. The van der Waals surface area contributed by atoms with Crippen LogP contribution in [0.2, 0.25) is 10.0 Å². The van der Waals surface area contributed by atoms with Crippen molar-refractivity contribution in [1.29, 1.82) is 0 Å². The topological polar surface area (TPSA) is 543 Å². The quantitative estimate of drug-likeness (QED) is 0.0603. The van der Waals surface area contributed by atoms with Crippen molar-refractivity contribution in [2.24, 2.45) is 17.4 Å². The summed E-state index contributed by atoms with van der Waals surface area (Å²) in [6, 6.07) is -0.636. The Labute approximate surface area is 602 Å². The first-order chi connectivity index (χ1) is 49.2. The summed E-state index contributed by atoms with van der Waals surface area (Å²) in [5.41, 5.74) is 7.58. The summed E-state index contributed by atoms with van der Waals surface area (Å²) in [6.45, 7) is 6.25. The molecule has 34 nitrogen and oxygen atoms in total. The molecule has 560 valence electrons. The number of carbonyl (C=O) groups excluding carboxylic acids is 7. The van der Waals surface area contributed by atoms with Gasteiger partial charge in [-0.1, -0.05) is 55.2 Å². The number of phenolic OH excluding ortho intramolecular Hbond substituents is 3. The number of halogens is 2. The number of amides is 7. The lowest BCUT2D eigenvalue weighted by Crippen LogP contribution is -2.65. The third kappa shape index (κ3) is 16.5. The summed E-state index contributed by atoms with van der Waals surface area (Å²) in [5, 5.41) is 135. The summed E-state index contributed by atoms with van der Waals surface area (Å²) in [4.78, 5) is 117. The Kier molecular flexibility index (Phi) is 23.8. The first kappa shape index (κ1) is 77.4. The zero-order valence-electron chi connectivity index (χ0n) is 56.2. The molecule has 0 unspecified atom stereocenters. The van der Waals surface area contributed by atoms with Crippen LogP contribution in [0.4, 0.5) is 0 Å². The highest BCUT2D eigenvalue weighted by atomic mass is 35.5. The molecule has 7 aliphatic heterocycles. The van der Waals surface area contributed by atoms with Crippen molar-refractivity contribution in [1.82, 2.24) is 42.5 Å². The number of aliphatic hydroxyl groups excluding tert-OH is 6. The number of aliphatic carboxylic acids is 1. The lowest BCUT2D eigenvalue weighted by Gasteiger charge is -2.48. The summed E-state index contributed by atoms with van der Waals surface area (Å²) in [6.07, 6.45) is -18.3. The molecule has 0 aromatic heterocycles. The monoisotopic (exact) mass is 1490 g/mol. The molecule has 7 heterocycles. The minimum Gasteiger partial charge on any atom is -0.508 e. The Morgan fingerprint density at radius 1 is 0.721 bits per heavy atom. The number of hydrogen-bond donors (Lipinski definition) is 20. The average molecular weight is 1490 g/mol. The van der Waals surface area contributed by atoms with Gasteiger partial charge < -0.3 is 133 Å². The summed E-state index contributed by atoms with van der Waals surface area (Å²) in [5.74, 6) is -16.0. The van der Waals surface area contributed by atoms with Crippen molar-refractivity contribution >= 4 is 70.5 Å². The Hall–Kier alpha value is -9.24. The van der Waals surface area contributed by atoms with E-state index in [2.05, 4.69) is 42.5 Å². The van der Waals surface area contributed by atoms with Gasteiger partial charge in [0.15, 0.2) is 29.9 Å². The molecular formula is C68H80Cl2N10O24. The normalized spacial score (nSPS) is 28.9. The zero-order chi connectivity index (χ0) is 75.7. The standard InChI is InChI=1S/C68H80Cl2N10O24/c1-25(2)14-36(73-5)60(91)79-51-53(86)28-7-10-40(34(69)16-28)100-42-18-30-19-43(57(42)104-67-58(56(89)55(88)44(24-81)102-67)103-46-23-68(4,74-13-12-71)59(90)26(3)99-46)101-41-11-8-29(17-35(41)70)54(87)52-65(96)78-50(66(97)98)33-20-31(82)21-39(84)47(33)32-15-27(6-9-38(32)83)48(62(93)80-52)77-63(94)49(30)76-61(92)37(22-45(72)85)75-64(51)95/h6-11,15-21,25-26,36-37,44,46,48-56,58-59,67,73-74,81-84,86-90H,12-14,22-24,71H2,1-5H3,(H2,72,85)(H,75,95)(H,76,92)(H,77,94)(H,78,96)(H,79,91)(H,80,93)(H,97,98)/t26-,36+,37-,44+,46-,48+,49+,50-,51+,52-,53+,54+,55+,56-,58+,59+,67-,68-/m0/s1. The SMILES string of the molecule is CN[C@H](CC(C)C)C(=O)N[C@H]1C(=O)N[C@@H](CC(N)=O)C(=O)N[C@H]2C(=O)N[C@H]3C(=O)N[C@H](C(=O)N[C@H](C(=O)O)c4cc(O)cc(O)c4-c4cc3ccc4O)[C@H](O)c3ccc(c(Cl)c3)Oc3cc2cc(c3O[C@@H]2O[C@H](CO)[C@@H](O)[C@H](O)[C@H]2O[C@H]2C[C@](C)(NCCN)[C@H](O)[C@H](C)O2)Oc2ccc(cc2Cl)[C@H]1O. The van der Waals surface area contributed by atoms with Crippen LogP contribution in [-0.2, 0) is 52.6 Å². The third-order valence-corrected chi connectivity index (χ3v) is 19.0. The Morgan fingerprint density at radius 3 is 1.93 bits per heavy atom. The highest BCUT2D eigenvalue weighted by Gasteiger charge is 2.52. The number of nitrogens with one attached hydrogen (secondary N) is 8. The maximum Gasteiger partial charge on any atom is 0.330 e. The predicted octanol–water partition coefficient (Wildman–Crippen LogP) is -0.304. The van der Waals surface area contributed by atoms with Crippen LogP contribution in [0.25, 0.3) is 11.1 Å². The van der Waals surface area contributed by atoms with Gasteiger partial charge in [0.05, 0.1) is 41.3 Å². The second-order valence-corrected chi connectivity index (χ2v) is 27.2. The van der Waals surface area contributed by atoms with E-state index in [1.165, 1.54) is 19.2 Å². The fourth-order valence-electron chi connectivity index (χ4n) is 13.0. The predicted molar refractivity (Wildman–Crippen MR) is 362 cm³/mol. The van der Waals surface area contributed by atoms with Gasteiger partial charge in [0.1, 0.15) is 89.5 Å². The van der Waals surface area contributed by atoms with Gasteiger partial charge in [-0.2, -0.15) is 0 Å². The maximum atomic E-state index is 16.1. The van der Waals surface area contributed by atoms with E-state index >= 15 is 14.4 Å². The number of primary amides is 1. The number of benzene rings is 5. The minimum absolute atomic E-state index is 0.0993. The van der Waals surface area contributed by atoms with Gasteiger partial charge in [0, 0.05) is 47.8 Å². The van der Waals surface area contributed by atoms with Crippen LogP contribution in [0.3, 0.4) is 0 Å². The lowest BCUT2D eigenvalue weighted by atomic mass is 9.85. The molecule has 12 rings (SSSR count). The van der Waals surface area contributed by atoms with E-state index in [0.717, 1.165) is 66.7 Å². The number of aromatic hydroxyl groups is 3. The van der Waals surface area contributed by atoms with Gasteiger partial charge in [0.25, 0.3) is 0 Å². The third-order valence-electron chi connectivity index (χ3n) is 18.4. The molecule has 22 N–H and O–H groups in total. The fourth-order valence-corrected chi connectivity index (χ4v) is 13.5. The number of ether oxygens (including phenoxy) is 6. The number of aliphatic hydroxyl groups is 6. The number of phenols is 3. The molecule has 5 aromatic rings. The maximum absolute atomic E-state index is 16.1. The minimum atomic E-state index is -2.35. The van der Waals surface area contributed by atoms with E-state index < -0.39 is 237 Å². The van der Waals surface area contributed by atoms with Gasteiger partial charge >= 0.3 is 5.97 Å². The molecule has 18 atom stereocenters. The molecule has 36 heteroatoms. The van der Waals surface area contributed by atoms with E-state index in [4.69, 9.17) is 63.1 Å². The number of carboxylic acids is 1. The zero-order valence-corrected chi connectivity index (χ0v) is 57.8. The molecule has 11 bridgehead atoms. The van der Waals surface area contributed by atoms with Gasteiger partial charge in [-0.25, -0.2) is 4.79 Å². The molecular weight excluding hydrogens is 1410 g/mol.